The highest BCUT2D eigenvalue weighted by molar-refractivity contribution is 5.87. The van der Waals surface area contributed by atoms with Crippen molar-refractivity contribution in [2.45, 2.75) is 13.8 Å². The van der Waals surface area contributed by atoms with E-state index in [9.17, 15) is 9.90 Å². The predicted octanol–water partition coefficient (Wildman–Crippen LogP) is 2.34. The van der Waals surface area contributed by atoms with Crippen molar-refractivity contribution < 1.29 is 14.6 Å². The number of benzene rings is 1. The van der Waals surface area contributed by atoms with Crippen LogP contribution < -0.4 is 4.90 Å². The highest BCUT2D eigenvalue weighted by Crippen LogP contribution is 2.19. The average molecular weight is 249 g/mol. The van der Waals surface area contributed by atoms with Crippen LogP contribution in [0.1, 0.15) is 13.8 Å². The van der Waals surface area contributed by atoms with Gasteiger partial charge in [-0.05, 0) is 26.0 Å². The number of likely N-dealkylation sites (N-methyl/N-ethyl adjacent to an activating group) is 1. The summed E-state index contributed by atoms with van der Waals surface area (Å²) >= 11 is 0. The van der Waals surface area contributed by atoms with Crippen molar-refractivity contribution in [3.05, 3.63) is 35.9 Å². The third kappa shape index (κ3) is 3.80. The van der Waals surface area contributed by atoms with Crippen LogP contribution in [-0.4, -0.2) is 31.3 Å². The molecule has 0 heterocycles. The molecule has 0 atom stereocenters. The summed E-state index contributed by atoms with van der Waals surface area (Å²) in [7, 11) is 1.37. The maximum Gasteiger partial charge on any atom is 0.333 e. The van der Waals surface area contributed by atoms with Gasteiger partial charge in [-0.25, -0.2) is 4.79 Å². The molecule has 0 aliphatic heterocycles. The van der Waals surface area contributed by atoms with Crippen LogP contribution >= 0.6 is 0 Å². The Labute approximate surface area is 107 Å². The summed E-state index contributed by atoms with van der Waals surface area (Å²) in [5.41, 5.74) is 1.50. The van der Waals surface area contributed by atoms with Crippen LogP contribution in [0.25, 0.3) is 0 Å². The SMILES string of the molecule is CCN(C/C=C(/C)C(=O)OC)c1cccc(O)c1. The second-order valence-corrected chi connectivity index (χ2v) is 3.94. The highest BCUT2D eigenvalue weighted by atomic mass is 16.5. The predicted molar refractivity (Wildman–Crippen MR) is 71.8 cm³/mol. The standard InChI is InChI=1S/C14H19NO3/c1-4-15(9-8-11(2)14(17)18-3)12-6-5-7-13(16)10-12/h5-8,10,16H,4,9H2,1-3H3/b11-8-. The lowest BCUT2D eigenvalue weighted by Crippen LogP contribution is -2.23. The second kappa shape index (κ2) is 6.69. The van der Waals surface area contributed by atoms with Crippen LogP contribution in [-0.2, 0) is 9.53 Å². The van der Waals surface area contributed by atoms with Crippen molar-refractivity contribution in [1.82, 2.24) is 0 Å². The lowest BCUT2D eigenvalue weighted by molar-refractivity contribution is -0.136. The number of phenolic OH excluding ortho intramolecular Hbond substituents is 1. The zero-order valence-electron chi connectivity index (χ0n) is 11.0. The van der Waals surface area contributed by atoms with E-state index in [0.717, 1.165) is 12.2 Å². The van der Waals surface area contributed by atoms with Gasteiger partial charge in [0.2, 0.25) is 0 Å². The minimum atomic E-state index is -0.318. The van der Waals surface area contributed by atoms with Crippen LogP contribution in [0.2, 0.25) is 0 Å². The lowest BCUT2D eigenvalue weighted by atomic mass is 10.2. The smallest absolute Gasteiger partial charge is 0.333 e. The third-order valence-corrected chi connectivity index (χ3v) is 2.70. The van der Waals surface area contributed by atoms with Crippen molar-refractivity contribution in [3.63, 3.8) is 0 Å². The van der Waals surface area contributed by atoms with E-state index in [0.29, 0.717) is 12.1 Å². The molecule has 1 N–H and O–H groups in total. The molecule has 1 aromatic rings. The van der Waals surface area contributed by atoms with E-state index in [-0.39, 0.29) is 11.7 Å². The summed E-state index contributed by atoms with van der Waals surface area (Å²) in [6.45, 7) is 5.13. The molecule has 0 fully saturated rings. The molecule has 0 saturated heterocycles. The summed E-state index contributed by atoms with van der Waals surface area (Å²) in [5, 5.41) is 9.44. The number of nitrogens with zero attached hydrogens (tertiary/aromatic N) is 1. The molecule has 0 aliphatic carbocycles. The number of ether oxygens (including phenoxy) is 1. The van der Waals surface area contributed by atoms with Gasteiger partial charge in [-0.1, -0.05) is 12.1 Å². The quantitative estimate of drug-likeness (QED) is 0.643. The van der Waals surface area contributed by atoms with Gasteiger partial charge in [-0.15, -0.1) is 0 Å². The summed E-state index contributed by atoms with van der Waals surface area (Å²) in [6.07, 6.45) is 1.82. The van der Waals surface area contributed by atoms with Gasteiger partial charge in [-0.3, -0.25) is 0 Å². The Balaban J connectivity index is 2.77. The fourth-order valence-electron chi connectivity index (χ4n) is 1.60. The Morgan fingerprint density at radius 3 is 2.78 bits per heavy atom. The van der Waals surface area contributed by atoms with E-state index < -0.39 is 0 Å². The van der Waals surface area contributed by atoms with E-state index >= 15 is 0 Å². The van der Waals surface area contributed by atoms with E-state index in [2.05, 4.69) is 4.74 Å². The molecule has 0 unspecified atom stereocenters. The average Bonchev–Trinajstić information content (AvgIpc) is 2.38. The number of anilines is 1. The number of carbonyl (C=O) groups excluding carboxylic acids is 1. The summed E-state index contributed by atoms with van der Waals surface area (Å²) in [5.74, 6) is -0.0819. The van der Waals surface area contributed by atoms with E-state index in [1.165, 1.54) is 7.11 Å². The highest BCUT2D eigenvalue weighted by Gasteiger charge is 2.06. The molecule has 4 nitrogen and oxygen atoms in total. The van der Waals surface area contributed by atoms with E-state index in [1.54, 1.807) is 25.1 Å². The maximum absolute atomic E-state index is 11.3. The molecule has 18 heavy (non-hydrogen) atoms. The molecule has 0 radical (unpaired) electrons. The van der Waals surface area contributed by atoms with E-state index in [1.807, 2.05) is 24.0 Å². The van der Waals surface area contributed by atoms with Gasteiger partial charge >= 0.3 is 5.97 Å². The van der Waals surface area contributed by atoms with Gasteiger partial charge in [-0.2, -0.15) is 0 Å². The zero-order valence-corrected chi connectivity index (χ0v) is 11.0. The Morgan fingerprint density at radius 2 is 2.22 bits per heavy atom. The molecule has 0 spiro atoms. The van der Waals surface area contributed by atoms with Crippen LogP contribution in [0.15, 0.2) is 35.9 Å². The van der Waals surface area contributed by atoms with Crippen LogP contribution in [0.3, 0.4) is 0 Å². The van der Waals surface area contributed by atoms with E-state index in [4.69, 9.17) is 0 Å². The topological polar surface area (TPSA) is 49.8 Å². The minimum Gasteiger partial charge on any atom is -0.508 e. The van der Waals surface area contributed by atoms with Gasteiger partial charge in [0, 0.05) is 30.4 Å². The fourth-order valence-corrected chi connectivity index (χ4v) is 1.60. The van der Waals surface area contributed by atoms with Crippen molar-refractivity contribution in [2.24, 2.45) is 0 Å². The molecule has 0 aliphatic rings. The summed E-state index contributed by atoms with van der Waals surface area (Å²) in [4.78, 5) is 13.3. The van der Waals surface area contributed by atoms with Crippen molar-refractivity contribution in [1.29, 1.82) is 0 Å². The first-order chi connectivity index (χ1) is 8.58. The molecule has 98 valence electrons. The van der Waals surface area contributed by atoms with Crippen LogP contribution in [0.5, 0.6) is 5.75 Å². The third-order valence-electron chi connectivity index (χ3n) is 2.70. The molecule has 0 aromatic heterocycles. The molecule has 1 aromatic carbocycles. The van der Waals surface area contributed by atoms with Gasteiger partial charge in [0.05, 0.1) is 7.11 Å². The van der Waals surface area contributed by atoms with Gasteiger partial charge < -0.3 is 14.7 Å². The monoisotopic (exact) mass is 249 g/mol. The number of hydrogen-bond acceptors (Lipinski definition) is 4. The van der Waals surface area contributed by atoms with Crippen LogP contribution in [0, 0.1) is 0 Å². The number of hydrogen-bond donors (Lipinski definition) is 1. The number of carbonyl (C=O) groups is 1. The molecule has 4 heteroatoms. The lowest BCUT2D eigenvalue weighted by Gasteiger charge is -2.21. The van der Waals surface area contributed by atoms with Gasteiger partial charge in [0.15, 0.2) is 0 Å². The first kappa shape index (κ1) is 14.1. The van der Waals surface area contributed by atoms with Crippen molar-refractivity contribution in [2.75, 3.05) is 25.1 Å². The minimum absolute atomic E-state index is 0.236. The summed E-state index contributed by atoms with van der Waals surface area (Å²) < 4.78 is 4.64. The number of phenols is 1. The molecule has 0 saturated carbocycles. The summed E-state index contributed by atoms with van der Waals surface area (Å²) in [6, 6.07) is 7.05. The Kier molecular flexibility index (Phi) is 5.24. The molecular formula is C14H19NO3. The Hall–Kier alpha value is -1.97. The number of rotatable bonds is 5. The van der Waals surface area contributed by atoms with Crippen LogP contribution in [0.4, 0.5) is 5.69 Å². The largest absolute Gasteiger partial charge is 0.508 e. The van der Waals surface area contributed by atoms with Gasteiger partial charge in [0.1, 0.15) is 5.75 Å². The fraction of sp³-hybridized carbons (Fsp3) is 0.357. The number of aromatic hydroxyl groups is 1. The number of esters is 1. The van der Waals surface area contributed by atoms with Crippen molar-refractivity contribution >= 4 is 11.7 Å². The van der Waals surface area contributed by atoms with Crippen molar-refractivity contribution in [3.8, 4) is 5.75 Å². The normalized spacial score (nSPS) is 11.2. The molecule has 0 bridgehead atoms. The maximum atomic E-state index is 11.3. The second-order valence-electron chi connectivity index (χ2n) is 3.94. The molecule has 0 amide bonds. The first-order valence-electron chi connectivity index (χ1n) is 5.87. The first-order valence-corrected chi connectivity index (χ1v) is 5.87. The number of methoxy groups -OCH3 is 1. The molecule has 1 rings (SSSR count). The molecular weight excluding hydrogens is 230 g/mol. The zero-order chi connectivity index (χ0) is 13.5. The Morgan fingerprint density at radius 1 is 1.50 bits per heavy atom. The van der Waals surface area contributed by atoms with Gasteiger partial charge in [0.25, 0.3) is 0 Å². The Bertz CT molecular complexity index is 440.